The number of nitrogens with zero attached hydrogens (tertiary/aromatic N) is 4. The second-order valence-electron chi connectivity index (χ2n) is 5.45. The van der Waals surface area contributed by atoms with Gasteiger partial charge in [0.2, 0.25) is 0 Å². The van der Waals surface area contributed by atoms with E-state index in [0.29, 0.717) is 6.54 Å². The van der Waals surface area contributed by atoms with Crippen molar-refractivity contribution in [1.29, 1.82) is 0 Å². The molecular formula is C15H21N5O. The molecule has 0 amide bonds. The van der Waals surface area contributed by atoms with Crippen molar-refractivity contribution in [2.75, 3.05) is 6.54 Å². The van der Waals surface area contributed by atoms with Gasteiger partial charge in [0.15, 0.2) is 5.82 Å². The van der Waals surface area contributed by atoms with Gasteiger partial charge in [0.1, 0.15) is 11.9 Å². The first-order valence-corrected chi connectivity index (χ1v) is 7.52. The number of rotatable bonds is 6. The molecule has 6 nitrogen and oxygen atoms in total. The number of hydrogen-bond donors (Lipinski definition) is 1. The molecule has 0 spiro atoms. The first-order valence-electron chi connectivity index (χ1n) is 7.52. The zero-order chi connectivity index (χ0) is 14.7. The van der Waals surface area contributed by atoms with Crippen molar-refractivity contribution in [1.82, 2.24) is 25.5 Å². The fraction of sp³-hybridized carbons (Fsp3) is 0.533. The predicted molar refractivity (Wildman–Crippen MR) is 79.1 cm³/mol. The lowest BCUT2D eigenvalue weighted by molar-refractivity contribution is 0.199. The van der Waals surface area contributed by atoms with Gasteiger partial charge < -0.3 is 10.1 Å². The van der Waals surface area contributed by atoms with E-state index >= 15 is 0 Å². The molecule has 1 aromatic carbocycles. The monoisotopic (exact) mass is 287 g/mol. The second kappa shape index (κ2) is 6.22. The third-order valence-electron chi connectivity index (χ3n) is 3.74. The minimum atomic E-state index is 0.100. The summed E-state index contributed by atoms with van der Waals surface area (Å²) in [4.78, 5) is 0. The Morgan fingerprint density at radius 3 is 3.10 bits per heavy atom. The lowest BCUT2D eigenvalue weighted by Crippen LogP contribution is -2.27. The summed E-state index contributed by atoms with van der Waals surface area (Å²) in [5, 5.41) is 15.5. The van der Waals surface area contributed by atoms with E-state index in [0.717, 1.165) is 31.0 Å². The van der Waals surface area contributed by atoms with Gasteiger partial charge in [-0.25, -0.2) is 4.68 Å². The van der Waals surface area contributed by atoms with Crippen LogP contribution in [-0.2, 0) is 13.0 Å². The van der Waals surface area contributed by atoms with E-state index in [9.17, 15) is 0 Å². The van der Waals surface area contributed by atoms with Gasteiger partial charge in [-0.1, -0.05) is 25.1 Å². The summed E-state index contributed by atoms with van der Waals surface area (Å²) in [6.45, 7) is 5.86. The average molecular weight is 287 g/mol. The van der Waals surface area contributed by atoms with Crippen molar-refractivity contribution in [2.45, 2.75) is 45.4 Å². The third-order valence-corrected chi connectivity index (χ3v) is 3.74. The van der Waals surface area contributed by atoms with E-state index in [2.05, 4.69) is 40.8 Å². The van der Waals surface area contributed by atoms with Crippen molar-refractivity contribution in [2.24, 2.45) is 0 Å². The number of aromatic nitrogens is 4. The summed E-state index contributed by atoms with van der Waals surface area (Å²) in [5.41, 5.74) is 1.26. The number of para-hydroxylation sites is 1. The molecule has 2 aromatic rings. The molecule has 1 aromatic heterocycles. The van der Waals surface area contributed by atoms with Crippen molar-refractivity contribution >= 4 is 0 Å². The van der Waals surface area contributed by atoms with Crippen LogP contribution in [0.1, 0.15) is 37.7 Å². The van der Waals surface area contributed by atoms with Crippen LogP contribution in [0.25, 0.3) is 0 Å². The molecule has 0 radical (unpaired) electrons. The van der Waals surface area contributed by atoms with Gasteiger partial charge in [0.05, 0.1) is 12.6 Å². The number of fused-ring (bicyclic) bond motifs is 1. The Labute approximate surface area is 124 Å². The van der Waals surface area contributed by atoms with Gasteiger partial charge in [-0.3, -0.25) is 0 Å². The van der Waals surface area contributed by atoms with Gasteiger partial charge in [-0.15, -0.1) is 5.10 Å². The van der Waals surface area contributed by atoms with Crippen LogP contribution in [0.3, 0.4) is 0 Å². The van der Waals surface area contributed by atoms with Crippen LogP contribution in [0.15, 0.2) is 24.3 Å². The zero-order valence-corrected chi connectivity index (χ0v) is 12.5. The number of nitrogens with one attached hydrogen (secondary N) is 1. The average Bonchev–Trinajstić information content (AvgIpc) is 3.11. The number of tetrazole rings is 1. The van der Waals surface area contributed by atoms with Gasteiger partial charge in [-0.05, 0) is 41.9 Å². The quantitative estimate of drug-likeness (QED) is 0.876. The summed E-state index contributed by atoms with van der Waals surface area (Å²) in [7, 11) is 0. The van der Waals surface area contributed by atoms with E-state index in [1.165, 1.54) is 5.56 Å². The van der Waals surface area contributed by atoms with Crippen LogP contribution >= 0.6 is 0 Å². The fourth-order valence-electron chi connectivity index (χ4n) is 2.65. The standard InChI is InChI=1S/C15H21N5O/c1-3-8-16-11(2)15-17-18-19-20(15)10-13-9-12-6-4-5-7-14(12)21-13/h4-7,11,13,16H,3,8-10H2,1-2H3. The molecule has 0 aliphatic carbocycles. The first kappa shape index (κ1) is 14.0. The highest BCUT2D eigenvalue weighted by molar-refractivity contribution is 5.37. The largest absolute Gasteiger partial charge is 0.488 e. The first-order chi connectivity index (χ1) is 10.3. The second-order valence-corrected chi connectivity index (χ2v) is 5.45. The molecular weight excluding hydrogens is 266 g/mol. The maximum absolute atomic E-state index is 5.96. The van der Waals surface area contributed by atoms with Crippen LogP contribution in [0.4, 0.5) is 0 Å². The fourth-order valence-corrected chi connectivity index (χ4v) is 2.65. The smallest absolute Gasteiger partial charge is 0.168 e. The highest BCUT2D eigenvalue weighted by Crippen LogP contribution is 2.28. The lowest BCUT2D eigenvalue weighted by atomic mass is 10.1. The van der Waals surface area contributed by atoms with Crippen LogP contribution in [0.2, 0.25) is 0 Å². The van der Waals surface area contributed by atoms with Gasteiger partial charge in [0, 0.05) is 6.42 Å². The Balaban J connectivity index is 1.66. The lowest BCUT2D eigenvalue weighted by Gasteiger charge is -2.15. The van der Waals surface area contributed by atoms with Gasteiger partial charge in [0.25, 0.3) is 0 Å². The third kappa shape index (κ3) is 3.05. The van der Waals surface area contributed by atoms with E-state index < -0.39 is 0 Å². The molecule has 0 fully saturated rings. The molecule has 0 bridgehead atoms. The maximum Gasteiger partial charge on any atom is 0.168 e. The van der Waals surface area contributed by atoms with Crippen molar-refractivity contribution in [3.05, 3.63) is 35.7 Å². The summed E-state index contributed by atoms with van der Waals surface area (Å²) >= 11 is 0. The summed E-state index contributed by atoms with van der Waals surface area (Å²) in [6, 6.07) is 8.32. The van der Waals surface area contributed by atoms with Crippen LogP contribution in [-0.4, -0.2) is 32.9 Å². The molecule has 0 saturated heterocycles. The van der Waals surface area contributed by atoms with E-state index in [1.807, 2.05) is 22.9 Å². The molecule has 6 heteroatoms. The van der Waals surface area contributed by atoms with Crippen LogP contribution in [0, 0.1) is 0 Å². The zero-order valence-electron chi connectivity index (χ0n) is 12.5. The highest BCUT2D eigenvalue weighted by Gasteiger charge is 2.25. The number of ether oxygens (including phenoxy) is 1. The Bertz CT molecular complexity index is 572. The van der Waals surface area contributed by atoms with Gasteiger partial charge in [-0.2, -0.15) is 0 Å². The normalized spacial score (nSPS) is 18.3. The molecule has 112 valence electrons. The Kier molecular flexibility index (Phi) is 4.15. The molecule has 1 N–H and O–H groups in total. The van der Waals surface area contributed by atoms with E-state index in [1.54, 1.807) is 0 Å². The van der Waals surface area contributed by atoms with E-state index in [4.69, 9.17) is 4.74 Å². The molecule has 3 rings (SSSR count). The number of benzene rings is 1. The number of hydrogen-bond acceptors (Lipinski definition) is 5. The summed E-state index contributed by atoms with van der Waals surface area (Å²) in [6.07, 6.45) is 2.10. The predicted octanol–water partition coefficient (Wildman–Crippen LogP) is 1.74. The van der Waals surface area contributed by atoms with Gasteiger partial charge >= 0.3 is 0 Å². The minimum absolute atomic E-state index is 0.100. The van der Waals surface area contributed by atoms with Crippen molar-refractivity contribution in [3.63, 3.8) is 0 Å². The SMILES string of the molecule is CCCNC(C)c1nnnn1CC1Cc2ccccc2O1. The molecule has 1 aliphatic heterocycles. The molecule has 2 heterocycles. The molecule has 0 saturated carbocycles. The molecule has 21 heavy (non-hydrogen) atoms. The highest BCUT2D eigenvalue weighted by atomic mass is 16.5. The summed E-state index contributed by atoms with van der Waals surface area (Å²) < 4.78 is 7.81. The maximum atomic E-state index is 5.96. The topological polar surface area (TPSA) is 64.9 Å². The molecule has 1 aliphatic rings. The minimum Gasteiger partial charge on any atom is -0.488 e. The Hall–Kier alpha value is -1.95. The Morgan fingerprint density at radius 1 is 1.43 bits per heavy atom. The van der Waals surface area contributed by atoms with Crippen molar-refractivity contribution in [3.8, 4) is 5.75 Å². The van der Waals surface area contributed by atoms with Crippen LogP contribution in [0.5, 0.6) is 5.75 Å². The van der Waals surface area contributed by atoms with Crippen molar-refractivity contribution < 1.29 is 4.74 Å². The Morgan fingerprint density at radius 2 is 2.29 bits per heavy atom. The van der Waals surface area contributed by atoms with Crippen LogP contribution < -0.4 is 10.1 Å². The summed E-state index contributed by atoms with van der Waals surface area (Å²) in [5.74, 6) is 1.84. The molecule has 2 atom stereocenters. The van der Waals surface area contributed by atoms with E-state index in [-0.39, 0.29) is 12.1 Å². The molecule has 2 unspecified atom stereocenters.